The van der Waals surface area contributed by atoms with Crippen LogP contribution in [0.4, 0.5) is 5.69 Å². The molecule has 0 aliphatic rings. The van der Waals surface area contributed by atoms with E-state index in [9.17, 15) is 8.42 Å². The molecule has 0 atom stereocenters. The van der Waals surface area contributed by atoms with E-state index in [0.29, 0.717) is 11.4 Å². The number of rotatable bonds is 6. The molecule has 0 saturated carbocycles. The van der Waals surface area contributed by atoms with Crippen LogP contribution in [0.25, 0.3) is 11.1 Å². The van der Waals surface area contributed by atoms with Crippen LogP contribution in [0.3, 0.4) is 0 Å². The fourth-order valence-electron chi connectivity index (χ4n) is 2.93. The van der Waals surface area contributed by atoms with Crippen LogP contribution in [0.1, 0.15) is 5.56 Å². The molecule has 0 heterocycles. The number of nitrogens with zero attached hydrogens (tertiary/aromatic N) is 1. The summed E-state index contributed by atoms with van der Waals surface area (Å²) in [4.78, 5) is 0.211. The molecule has 0 N–H and O–H groups in total. The lowest BCUT2D eigenvalue weighted by Gasteiger charge is -2.21. The van der Waals surface area contributed by atoms with Crippen LogP contribution in [0, 0.1) is 6.92 Å². The van der Waals surface area contributed by atoms with Crippen LogP contribution in [0.15, 0.2) is 71.6 Å². The first-order chi connectivity index (χ1) is 13.4. The topological polar surface area (TPSA) is 55.8 Å². The molecule has 3 aromatic rings. The van der Waals surface area contributed by atoms with Crippen LogP contribution in [-0.4, -0.2) is 29.7 Å². The fourth-order valence-corrected chi connectivity index (χ4v) is 4.12. The van der Waals surface area contributed by atoms with Crippen molar-refractivity contribution < 1.29 is 17.9 Å². The SMILES string of the molecule is COc1ccc(-c2cc(N(C)S(=O)(=O)c3ccc(OC)cc3)ccc2C)cc1. The van der Waals surface area contributed by atoms with E-state index >= 15 is 0 Å². The summed E-state index contributed by atoms with van der Waals surface area (Å²) in [5.41, 5.74) is 3.61. The number of anilines is 1. The Morgan fingerprint density at radius 2 is 1.32 bits per heavy atom. The van der Waals surface area contributed by atoms with Crippen molar-refractivity contribution in [3.63, 3.8) is 0 Å². The molecule has 0 saturated heterocycles. The second-order valence-electron chi connectivity index (χ2n) is 6.38. The molecule has 0 radical (unpaired) electrons. The number of sulfonamides is 1. The lowest BCUT2D eigenvalue weighted by Crippen LogP contribution is -2.26. The van der Waals surface area contributed by atoms with Gasteiger partial charge >= 0.3 is 0 Å². The Kier molecular flexibility index (Phi) is 5.61. The molecule has 0 unspecified atom stereocenters. The van der Waals surface area contributed by atoms with E-state index in [1.165, 1.54) is 4.31 Å². The zero-order valence-electron chi connectivity index (χ0n) is 16.3. The molecule has 0 aliphatic heterocycles. The summed E-state index contributed by atoms with van der Waals surface area (Å²) in [5, 5.41) is 0. The van der Waals surface area contributed by atoms with E-state index in [1.807, 2.05) is 49.4 Å². The van der Waals surface area contributed by atoms with Crippen molar-refractivity contribution in [2.24, 2.45) is 0 Å². The number of methoxy groups -OCH3 is 2. The maximum absolute atomic E-state index is 13.0. The van der Waals surface area contributed by atoms with Gasteiger partial charge in [-0.1, -0.05) is 18.2 Å². The number of hydrogen-bond donors (Lipinski definition) is 0. The highest BCUT2D eigenvalue weighted by molar-refractivity contribution is 7.92. The van der Waals surface area contributed by atoms with Gasteiger partial charge in [0.25, 0.3) is 10.0 Å². The molecule has 0 bridgehead atoms. The minimum absolute atomic E-state index is 0.211. The van der Waals surface area contributed by atoms with Crippen molar-refractivity contribution in [1.82, 2.24) is 0 Å². The Morgan fingerprint density at radius 1 is 0.786 bits per heavy atom. The Balaban J connectivity index is 1.98. The van der Waals surface area contributed by atoms with Gasteiger partial charge in [0.15, 0.2) is 0 Å². The molecular weight excluding hydrogens is 374 g/mol. The van der Waals surface area contributed by atoms with Gasteiger partial charge in [-0.15, -0.1) is 0 Å². The average Bonchev–Trinajstić information content (AvgIpc) is 2.73. The van der Waals surface area contributed by atoms with E-state index in [2.05, 4.69) is 0 Å². The van der Waals surface area contributed by atoms with E-state index in [4.69, 9.17) is 9.47 Å². The molecule has 28 heavy (non-hydrogen) atoms. The third kappa shape index (κ3) is 3.82. The van der Waals surface area contributed by atoms with Crippen molar-refractivity contribution in [2.75, 3.05) is 25.6 Å². The number of hydrogen-bond acceptors (Lipinski definition) is 4. The third-order valence-electron chi connectivity index (χ3n) is 4.70. The number of benzene rings is 3. The summed E-state index contributed by atoms with van der Waals surface area (Å²) < 4.78 is 37.6. The van der Waals surface area contributed by atoms with Gasteiger partial charge in [-0.2, -0.15) is 0 Å². The highest BCUT2D eigenvalue weighted by atomic mass is 32.2. The number of aryl methyl sites for hydroxylation is 1. The molecule has 0 amide bonds. The molecular formula is C22H23NO4S. The van der Waals surface area contributed by atoms with Crippen molar-refractivity contribution >= 4 is 15.7 Å². The summed E-state index contributed by atoms with van der Waals surface area (Å²) in [7, 11) is 1.05. The zero-order chi connectivity index (χ0) is 20.3. The molecule has 6 heteroatoms. The summed E-state index contributed by atoms with van der Waals surface area (Å²) in [6.45, 7) is 2.00. The van der Waals surface area contributed by atoms with Gasteiger partial charge in [-0.05, 0) is 72.1 Å². The lowest BCUT2D eigenvalue weighted by atomic mass is 10.00. The summed E-state index contributed by atoms with van der Waals surface area (Å²) in [5.74, 6) is 1.38. The van der Waals surface area contributed by atoms with E-state index in [1.54, 1.807) is 45.5 Å². The summed E-state index contributed by atoms with van der Waals surface area (Å²) >= 11 is 0. The minimum Gasteiger partial charge on any atom is -0.497 e. The monoisotopic (exact) mass is 397 g/mol. The molecule has 3 aromatic carbocycles. The highest BCUT2D eigenvalue weighted by Crippen LogP contribution is 2.31. The van der Waals surface area contributed by atoms with Crippen LogP contribution < -0.4 is 13.8 Å². The molecule has 3 rings (SSSR count). The van der Waals surface area contributed by atoms with E-state index < -0.39 is 10.0 Å². The predicted molar refractivity (Wildman–Crippen MR) is 112 cm³/mol. The average molecular weight is 397 g/mol. The van der Waals surface area contributed by atoms with Crippen LogP contribution >= 0.6 is 0 Å². The first-order valence-electron chi connectivity index (χ1n) is 8.75. The van der Waals surface area contributed by atoms with Crippen LogP contribution in [-0.2, 0) is 10.0 Å². The predicted octanol–water partition coefficient (Wildman–Crippen LogP) is 4.50. The Labute approximate surface area is 166 Å². The van der Waals surface area contributed by atoms with E-state index in [0.717, 1.165) is 22.4 Å². The molecule has 0 aromatic heterocycles. The maximum Gasteiger partial charge on any atom is 0.264 e. The molecule has 146 valence electrons. The largest absolute Gasteiger partial charge is 0.497 e. The molecule has 0 spiro atoms. The first-order valence-corrected chi connectivity index (χ1v) is 10.2. The lowest BCUT2D eigenvalue weighted by molar-refractivity contribution is 0.414. The van der Waals surface area contributed by atoms with Gasteiger partial charge in [0.05, 0.1) is 24.8 Å². The molecule has 0 aliphatic carbocycles. The van der Waals surface area contributed by atoms with Crippen LogP contribution in [0.5, 0.6) is 11.5 Å². The normalized spacial score (nSPS) is 11.1. The Hall–Kier alpha value is -2.99. The van der Waals surface area contributed by atoms with Crippen molar-refractivity contribution in [3.05, 3.63) is 72.3 Å². The molecule has 5 nitrogen and oxygen atoms in total. The van der Waals surface area contributed by atoms with Crippen molar-refractivity contribution in [3.8, 4) is 22.6 Å². The standard InChI is InChI=1S/C22H23NO4S/c1-16-5-8-18(15-22(16)17-6-9-19(26-3)10-7-17)23(2)28(24,25)21-13-11-20(27-4)12-14-21/h5-15H,1-4H3. The smallest absolute Gasteiger partial charge is 0.264 e. The fraction of sp³-hybridized carbons (Fsp3) is 0.182. The van der Waals surface area contributed by atoms with Gasteiger partial charge in [0, 0.05) is 7.05 Å². The zero-order valence-corrected chi connectivity index (χ0v) is 17.2. The second kappa shape index (κ2) is 7.94. The van der Waals surface area contributed by atoms with Gasteiger partial charge in [0.1, 0.15) is 11.5 Å². The Morgan fingerprint density at radius 3 is 1.86 bits per heavy atom. The minimum atomic E-state index is -3.68. The highest BCUT2D eigenvalue weighted by Gasteiger charge is 2.22. The van der Waals surface area contributed by atoms with Gasteiger partial charge in [-0.3, -0.25) is 4.31 Å². The van der Waals surface area contributed by atoms with Crippen molar-refractivity contribution in [2.45, 2.75) is 11.8 Å². The number of ether oxygens (including phenoxy) is 2. The summed E-state index contributed by atoms with van der Waals surface area (Å²) in [6, 6.07) is 19.7. The van der Waals surface area contributed by atoms with E-state index in [-0.39, 0.29) is 4.90 Å². The Bertz CT molecular complexity index is 1060. The second-order valence-corrected chi connectivity index (χ2v) is 8.35. The third-order valence-corrected chi connectivity index (χ3v) is 6.50. The van der Waals surface area contributed by atoms with Crippen molar-refractivity contribution in [1.29, 1.82) is 0 Å². The maximum atomic E-state index is 13.0. The molecule has 0 fully saturated rings. The summed E-state index contributed by atoms with van der Waals surface area (Å²) in [6.07, 6.45) is 0. The van der Waals surface area contributed by atoms with Crippen LogP contribution in [0.2, 0.25) is 0 Å². The van der Waals surface area contributed by atoms with Gasteiger partial charge in [0.2, 0.25) is 0 Å². The van der Waals surface area contributed by atoms with Gasteiger partial charge < -0.3 is 9.47 Å². The quantitative estimate of drug-likeness (QED) is 0.614. The van der Waals surface area contributed by atoms with Gasteiger partial charge in [-0.25, -0.2) is 8.42 Å². The first kappa shape index (κ1) is 19.8.